The second kappa shape index (κ2) is 16.5. The Morgan fingerprint density at radius 3 is 1.00 bits per heavy atom. The predicted molar refractivity (Wildman–Crippen MR) is 174 cm³/mol. The second-order valence-electron chi connectivity index (χ2n) is 12.0. The van der Waals surface area contributed by atoms with Crippen molar-refractivity contribution in [1.29, 1.82) is 0 Å². The maximum absolute atomic E-state index is 12.0. The van der Waals surface area contributed by atoms with Gasteiger partial charge in [0.15, 0.2) is 0 Å². The number of nitrogens with one attached hydrogen (secondary N) is 2. The predicted octanol–water partition coefficient (Wildman–Crippen LogP) is 5.27. The first kappa shape index (κ1) is 34.1. The van der Waals surface area contributed by atoms with E-state index < -0.39 is 11.8 Å². The molecule has 0 aliphatic carbocycles. The SMILES string of the molecule is O=C(NO)c1cc2cc(c1)COCc1cc(cc(OCCCOc3cc4cc(c3)COCc3cc(cc(C(=O)NO)c3)COC4)c1)COC2. The van der Waals surface area contributed by atoms with Crippen molar-refractivity contribution in [2.24, 2.45) is 0 Å². The van der Waals surface area contributed by atoms with Gasteiger partial charge in [0.2, 0.25) is 0 Å². The number of rotatable bonds is 8. The summed E-state index contributed by atoms with van der Waals surface area (Å²) in [6.07, 6.45) is 0.649. The molecule has 256 valence electrons. The topological polar surface area (TPSA) is 154 Å². The Hall–Kier alpha value is -4.82. The van der Waals surface area contributed by atoms with Gasteiger partial charge in [0, 0.05) is 17.5 Å². The molecular formula is C37H38N2O10. The summed E-state index contributed by atoms with van der Waals surface area (Å²) in [6.45, 7) is 3.43. The summed E-state index contributed by atoms with van der Waals surface area (Å²) in [6, 6.07) is 22.4. The van der Waals surface area contributed by atoms with Crippen molar-refractivity contribution in [3.63, 3.8) is 0 Å². The van der Waals surface area contributed by atoms with Crippen molar-refractivity contribution < 1.29 is 48.4 Å². The molecule has 12 heteroatoms. The van der Waals surface area contributed by atoms with Gasteiger partial charge in [-0.05, 0) is 93.0 Å². The molecule has 0 unspecified atom stereocenters. The van der Waals surface area contributed by atoms with Crippen LogP contribution in [0.25, 0.3) is 0 Å². The molecule has 2 aliphatic rings. The Labute approximate surface area is 283 Å². The quantitative estimate of drug-likeness (QED) is 0.111. The zero-order chi connectivity index (χ0) is 34.0. The molecule has 0 saturated heterocycles. The van der Waals surface area contributed by atoms with Crippen LogP contribution in [-0.2, 0) is 71.8 Å². The fraction of sp³-hybridized carbons (Fsp3) is 0.297. The molecule has 0 aromatic heterocycles. The van der Waals surface area contributed by atoms with Gasteiger partial charge in [-0.2, -0.15) is 0 Å². The highest BCUT2D eigenvalue weighted by atomic mass is 16.5. The van der Waals surface area contributed by atoms with Crippen LogP contribution in [0.5, 0.6) is 11.5 Å². The number of carbonyl (C=O) groups is 2. The van der Waals surface area contributed by atoms with E-state index in [-0.39, 0.29) is 0 Å². The summed E-state index contributed by atoms with van der Waals surface area (Å²) < 4.78 is 36.0. The highest BCUT2D eigenvalue weighted by Crippen LogP contribution is 2.24. The Morgan fingerprint density at radius 1 is 0.469 bits per heavy atom. The molecule has 0 atom stereocenters. The van der Waals surface area contributed by atoms with Gasteiger partial charge < -0.3 is 28.4 Å². The largest absolute Gasteiger partial charge is 0.493 e. The Bertz CT molecular complexity index is 1570. The van der Waals surface area contributed by atoms with E-state index in [0.29, 0.717) is 95.1 Å². The van der Waals surface area contributed by atoms with Crippen LogP contribution in [0.2, 0.25) is 0 Å². The highest BCUT2D eigenvalue weighted by Gasteiger charge is 2.13. The first-order valence-electron chi connectivity index (χ1n) is 15.9. The number of ether oxygens (including phenoxy) is 6. The van der Waals surface area contributed by atoms with Crippen molar-refractivity contribution in [2.45, 2.75) is 59.3 Å². The average molecular weight is 671 g/mol. The maximum atomic E-state index is 12.0. The molecule has 0 saturated carbocycles. The molecule has 0 fully saturated rings. The van der Waals surface area contributed by atoms with Crippen LogP contribution in [0.4, 0.5) is 0 Å². The highest BCUT2D eigenvalue weighted by molar-refractivity contribution is 5.94. The van der Waals surface area contributed by atoms with Crippen molar-refractivity contribution in [1.82, 2.24) is 11.0 Å². The minimum absolute atomic E-state index is 0.290. The molecule has 0 radical (unpaired) electrons. The summed E-state index contributed by atoms with van der Waals surface area (Å²) in [7, 11) is 0. The first-order chi connectivity index (χ1) is 23.9. The number of benzene rings is 4. The van der Waals surface area contributed by atoms with E-state index in [1.165, 1.54) is 0 Å². The lowest BCUT2D eigenvalue weighted by Gasteiger charge is -2.16. The van der Waals surface area contributed by atoms with Crippen LogP contribution in [0.3, 0.4) is 0 Å². The van der Waals surface area contributed by atoms with Gasteiger partial charge in [0.05, 0.1) is 66.1 Å². The third kappa shape index (κ3) is 9.63. The molecule has 12 nitrogen and oxygen atoms in total. The number of amides is 2. The normalized spacial score (nSPS) is 14.6. The molecule has 49 heavy (non-hydrogen) atoms. The first-order valence-corrected chi connectivity index (χ1v) is 15.9. The third-order valence-electron chi connectivity index (χ3n) is 7.86. The molecule has 2 amide bonds. The standard InChI is InChI=1S/C37H38N2O10/c40-36(38-42)32-8-24-4-25(9-32)17-45-21-29-6-28(20-44-16-24)12-34(13-29)48-2-1-3-49-35-14-30-7-31(15-35)23-47-19-27-5-26(18-46-22-30)10-33(11-27)37(41)39-43/h4-15,42-43H,1-3,16-23H2,(H,38,40)(H,39,41). The number of carbonyl (C=O) groups excluding carboxylic acids is 2. The van der Waals surface area contributed by atoms with Crippen molar-refractivity contribution >= 4 is 11.8 Å². The molecular weight excluding hydrogens is 632 g/mol. The molecule has 2 heterocycles. The van der Waals surface area contributed by atoms with Gasteiger partial charge >= 0.3 is 0 Å². The van der Waals surface area contributed by atoms with Crippen LogP contribution >= 0.6 is 0 Å². The Kier molecular flexibility index (Phi) is 11.5. The number of hydroxylamine groups is 2. The van der Waals surface area contributed by atoms with E-state index in [0.717, 1.165) is 44.5 Å². The minimum atomic E-state index is -0.586. The molecule has 4 N–H and O–H groups in total. The molecule has 6 rings (SSSR count). The second-order valence-corrected chi connectivity index (χ2v) is 12.0. The van der Waals surface area contributed by atoms with Crippen LogP contribution in [0.15, 0.2) is 72.8 Å². The van der Waals surface area contributed by atoms with E-state index in [9.17, 15) is 9.59 Å². The van der Waals surface area contributed by atoms with E-state index in [1.807, 2.05) is 48.5 Å². The van der Waals surface area contributed by atoms with Gasteiger partial charge in [0.1, 0.15) is 11.5 Å². The van der Waals surface area contributed by atoms with E-state index in [2.05, 4.69) is 0 Å². The Balaban J connectivity index is 1.01. The number of hydrogen-bond acceptors (Lipinski definition) is 10. The molecule has 8 bridgehead atoms. The van der Waals surface area contributed by atoms with E-state index >= 15 is 0 Å². The zero-order valence-electron chi connectivity index (χ0n) is 26.9. The van der Waals surface area contributed by atoms with Crippen molar-refractivity contribution in [3.05, 3.63) is 128 Å². The summed E-state index contributed by atoms with van der Waals surface area (Å²) in [4.78, 5) is 24.0. The van der Waals surface area contributed by atoms with Crippen LogP contribution in [0, 0.1) is 0 Å². The third-order valence-corrected chi connectivity index (χ3v) is 7.86. The summed E-state index contributed by atoms with van der Waals surface area (Å²) in [5.41, 5.74) is 11.0. The fourth-order valence-electron chi connectivity index (χ4n) is 5.79. The van der Waals surface area contributed by atoms with Gasteiger partial charge in [-0.15, -0.1) is 0 Å². The lowest BCUT2D eigenvalue weighted by Crippen LogP contribution is -2.19. The van der Waals surface area contributed by atoms with Gasteiger partial charge in [-0.25, -0.2) is 11.0 Å². The Morgan fingerprint density at radius 2 is 0.735 bits per heavy atom. The van der Waals surface area contributed by atoms with Crippen molar-refractivity contribution in [2.75, 3.05) is 13.2 Å². The lowest BCUT2D eigenvalue weighted by atomic mass is 10.1. The number of fused-ring (bicyclic) bond motifs is 8. The average Bonchev–Trinajstić information content (AvgIpc) is 3.10. The van der Waals surface area contributed by atoms with Crippen molar-refractivity contribution in [3.8, 4) is 11.5 Å². The van der Waals surface area contributed by atoms with Gasteiger partial charge in [-0.1, -0.05) is 24.3 Å². The summed E-state index contributed by atoms with van der Waals surface area (Å²) in [5.74, 6) is 0.256. The van der Waals surface area contributed by atoms with Crippen LogP contribution < -0.4 is 20.4 Å². The molecule has 4 aromatic carbocycles. The van der Waals surface area contributed by atoms with Crippen LogP contribution in [0.1, 0.15) is 71.6 Å². The minimum Gasteiger partial charge on any atom is -0.493 e. The van der Waals surface area contributed by atoms with E-state index in [1.54, 1.807) is 35.2 Å². The summed E-state index contributed by atoms with van der Waals surface area (Å²) in [5, 5.41) is 18.1. The molecule has 2 aliphatic heterocycles. The zero-order valence-corrected chi connectivity index (χ0v) is 26.9. The van der Waals surface area contributed by atoms with Gasteiger partial charge in [-0.3, -0.25) is 20.0 Å². The van der Waals surface area contributed by atoms with Gasteiger partial charge in [0.25, 0.3) is 11.8 Å². The van der Waals surface area contributed by atoms with Crippen LogP contribution in [-0.4, -0.2) is 35.4 Å². The molecule has 0 spiro atoms. The number of hydrogen-bond donors (Lipinski definition) is 4. The lowest BCUT2D eigenvalue weighted by molar-refractivity contribution is 0.0700. The monoisotopic (exact) mass is 670 g/mol. The summed E-state index contributed by atoms with van der Waals surface area (Å²) >= 11 is 0. The maximum Gasteiger partial charge on any atom is 0.274 e. The molecule has 4 aromatic rings. The smallest absolute Gasteiger partial charge is 0.274 e. The van der Waals surface area contributed by atoms with E-state index in [4.69, 9.17) is 38.8 Å². The fourth-order valence-corrected chi connectivity index (χ4v) is 5.79.